The summed E-state index contributed by atoms with van der Waals surface area (Å²) in [6, 6.07) is 4.46. The van der Waals surface area contributed by atoms with E-state index in [1.165, 1.54) is 39.0 Å². The molecule has 0 spiro atoms. The topological polar surface area (TPSA) is 60.5 Å². The van der Waals surface area contributed by atoms with Crippen molar-refractivity contribution in [3.8, 4) is 0 Å². The van der Waals surface area contributed by atoms with E-state index in [0.717, 1.165) is 17.8 Å². The Kier molecular flexibility index (Phi) is 4.86. The van der Waals surface area contributed by atoms with Crippen molar-refractivity contribution in [2.24, 2.45) is 0 Å². The normalized spacial score (nSPS) is 14.2. The van der Waals surface area contributed by atoms with Gasteiger partial charge in [-0.1, -0.05) is 76.2 Å². The van der Waals surface area contributed by atoms with Crippen LogP contribution in [0.4, 0.5) is 0 Å². The van der Waals surface area contributed by atoms with Gasteiger partial charge >= 0.3 is 0 Å². The first-order valence-corrected chi connectivity index (χ1v) is 11.8. The molecule has 0 unspecified atom stereocenters. The molecule has 0 bridgehead atoms. The molecule has 174 valence electrons. The number of aromatic nitrogens is 3. The fraction of sp³-hybridized carbons (Fsp3) is 0.571. The fourth-order valence-electron chi connectivity index (χ4n) is 5.33. The first-order chi connectivity index (χ1) is 14.5. The van der Waals surface area contributed by atoms with Crippen LogP contribution in [0.1, 0.15) is 104 Å². The van der Waals surface area contributed by atoms with Gasteiger partial charge in [0.2, 0.25) is 5.71 Å². The van der Waals surface area contributed by atoms with Gasteiger partial charge in [0.1, 0.15) is 5.65 Å². The molecule has 0 aromatic carbocycles. The summed E-state index contributed by atoms with van der Waals surface area (Å²) < 4.78 is 5.75. The van der Waals surface area contributed by atoms with Crippen LogP contribution in [0, 0.1) is 0 Å². The molecular formula is C28H41N3O. The van der Waals surface area contributed by atoms with Crippen molar-refractivity contribution in [1.82, 2.24) is 15.0 Å². The van der Waals surface area contributed by atoms with Crippen molar-refractivity contribution >= 4 is 22.1 Å². The summed E-state index contributed by atoms with van der Waals surface area (Å²) in [7, 11) is 0. The lowest BCUT2D eigenvalue weighted by molar-refractivity contribution is 0.476. The minimum atomic E-state index is -0.0821. The summed E-state index contributed by atoms with van der Waals surface area (Å²) in [4.78, 5) is 11.1. The van der Waals surface area contributed by atoms with Crippen LogP contribution in [-0.4, -0.2) is 15.0 Å². The van der Waals surface area contributed by atoms with Gasteiger partial charge in [-0.15, -0.1) is 0 Å². The Bertz CT molecular complexity index is 1270. The Morgan fingerprint density at radius 1 is 0.688 bits per heavy atom. The molecule has 4 aromatic rings. The Balaban J connectivity index is 1.80. The van der Waals surface area contributed by atoms with E-state index < -0.39 is 0 Å². The molecule has 4 rings (SSSR count). The lowest BCUT2D eigenvalue weighted by Crippen LogP contribution is -2.26. The van der Waals surface area contributed by atoms with Crippen LogP contribution in [0.2, 0.25) is 0 Å². The summed E-state index contributed by atoms with van der Waals surface area (Å²) in [5, 5.41) is 2.52. The molecule has 0 amide bonds. The van der Waals surface area contributed by atoms with E-state index in [1.807, 2.05) is 0 Å². The van der Waals surface area contributed by atoms with Crippen molar-refractivity contribution in [1.29, 1.82) is 0 Å². The van der Waals surface area contributed by atoms with Gasteiger partial charge in [-0.25, -0.2) is 0 Å². The molecular weight excluding hydrogens is 394 g/mol. The highest BCUT2D eigenvalue weighted by Gasteiger charge is 2.35. The minimum Gasteiger partial charge on any atom is -0.448 e. The second kappa shape index (κ2) is 6.82. The number of aromatic amines is 3. The molecule has 0 radical (unpaired) electrons. The van der Waals surface area contributed by atoms with Crippen LogP contribution < -0.4 is 0 Å². The second-order valence-electron chi connectivity index (χ2n) is 13.3. The number of hydrogen-bond acceptors (Lipinski definition) is 1. The second-order valence-corrected chi connectivity index (χ2v) is 13.3. The van der Waals surface area contributed by atoms with E-state index in [-0.39, 0.29) is 21.7 Å². The zero-order chi connectivity index (χ0) is 23.9. The van der Waals surface area contributed by atoms with E-state index >= 15 is 0 Å². The van der Waals surface area contributed by atoms with E-state index in [9.17, 15) is 0 Å². The number of furan rings is 1. The monoisotopic (exact) mass is 435 g/mol. The first kappa shape index (κ1) is 22.8. The molecule has 0 aliphatic rings. The van der Waals surface area contributed by atoms with Crippen LogP contribution in [0.5, 0.6) is 0 Å². The minimum absolute atomic E-state index is 0.0253. The highest BCUT2D eigenvalue weighted by molar-refractivity contribution is 5.85. The molecule has 3 N–H and O–H groups in total. The summed E-state index contributed by atoms with van der Waals surface area (Å²) in [6.07, 6.45) is 2.69. The molecule has 4 aromatic heterocycles. The zero-order valence-electron chi connectivity index (χ0n) is 21.8. The summed E-state index contributed by atoms with van der Waals surface area (Å²) in [5.74, 6) is 0. The third-order valence-corrected chi connectivity index (χ3v) is 6.63. The van der Waals surface area contributed by atoms with E-state index in [2.05, 4.69) is 103 Å². The van der Waals surface area contributed by atoms with Gasteiger partial charge < -0.3 is 19.4 Å². The van der Waals surface area contributed by atoms with Gasteiger partial charge in [0.25, 0.3) is 0 Å². The van der Waals surface area contributed by atoms with E-state index in [1.54, 1.807) is 6.26 Å². The predicted molar refractivity (Wildman–Crippen MR) is 136 cm³/mol. The molecule has 0 saturated carbocycles. The molecule has 4 nitrogen and oxygen atoms in total. The fourth-order valence-corrected chi connectivity index (χ4v) is 5.33. The Hall–Kier alpha value is -2.36. The largest absolute Gasteiger partial charge is 0.448 e. The average Bonchev–Trinajstić information content (AvgIpc) is 3.27. The molecule has 0 atom stereocenters. The summed E-state index contributed by atoms with van der Waals surface area (Å²) >= 11 is 0. The van der Waals surface area contributed by atoms with Crippen molar-refractivity contribution < 1.29 is 4.42 Å². The smallest absolute Gasteiger partial charge is 0.204 e. The highest BCUT2D eigenvalue weighted by Crippen LogP contribution is 2.42. The molecule has 0 aliphatic heterocycles. The predicted octanol–water partition coefficient (Wildman–Crippen LogP) is 7.98. The van der Waals surface area contributed by atoms with E-state index in [4.69, 9.17) is 4.42 Å². The van der Waals surface area contributed by atoms with Gasteiger partial charge in [0, 0.05) is 38.7 Å². The van der Waals surface area contributed by atoms with Crippen LogP contribution >= 0.6 is 0 Å². The number of fused-ring (bicyclic) bond motifs is 2. The highest BCUT2D eigenvalue weighted by atomic mass is 16.3. The number of hydrogen-bond donors (Lipinski definition) is 3. The van der Waals surface area contributed by atoms with Gasteiger partial charge in [-0.05, 0) is 40.5 Å². The molecule has 0 fully saturated rings. The maximum absolute atomic E-state index is 5.75. The molecule has 4 heteroatoms. The lowest BCUT2D eigenvalue weighted by atomic mass is 9.75. The van der Waals surface area contributed by atoms with Crippen LogP contribution in [0.25, 0.3) is 22.1 Å². The van der Waals surface area contributed by atoms with Crippen molar-refractivity contribution in [2.45, 2.75) is 104 Å². The van der Waals surface area contributed by atoms with E-state index in [0.29, 0.717) is 0 Å². The number of H-pyrrole nitrogens is 3. The quantitative estimate of drug-likeness (QED) is 0.300. The lowest BCUT2D eigenvalue weighted by Gasteiger charge is -2.30. The first-order valence-electron chi connectivity index (χ1n) is 11.8. The maximum Gasteiger partial charge on any atom is 0.204 e. The molecule has 32 heavy (non-hydrogen) atoms. The van der Waals surface area contributed by atoms with Gasteiger partial charge in [0.05, 0.1) is 6.26 Å². The van der Waals surface area contributed by atoms with Crippen molar-refractivity contribution in [2.75, 3.05) is 0 Å². The third kappa shape index (κ3) is 3.72. The number of rotatable bonds is 3. The van der Waals surface area contributed by atoms with Crippen molar-refractivity contribution in [3.05, 3.63) is 46.6 Å². The zero-order valence-corrected chi connectivity index (χ0v) is 21.8. The van der Waals surface area contributed by atoms with Crippen LogP contribution in [0.3, 0.4) is 0 Å². The SMILES string of the molecule is CC(C)(C)c1[nH]c2[nH]c(CC(C)(C)c3[nH]c4occc4c3C(C)(C)C)cc2c1C(C)(C)C. The summed E-state index contributed by atoms with van der Waals surface area (Å²) in [5.41, 5.74) is 8.74. The average molecular weight is 436 g/mol. The Morgan fingerprint density at radius 2 is 1.28 bits per heavy atom. The molecule has 4 heterocycles. The Morgan fingerprint density at radius 3 is 1.84 bits per heavy atom. The van der Waals surface area contributed by atoms with Gasteiger partial charge in [-0.3, -0.25) is 0 Å². The van der Waals surface area contributed by atoms with Crippen LogP contribution in [0.15, 0.2) is 22.8 Å². The van der Waals surface area contributed by atoms with Gasteiger partial charge in [0.15, 0.2) is 0 Å². The standard InChI is InChI=1S/C28H41N3O/c1-25(2,3)19-17-12-13-32-24(17)31-22(19)28(10,11)15-16-14-18-20(26(4,5)6)21(27(7,8)9)30-23(18)29-16/h12-14,29-31H,15H2,1-11H3. The van der Waals surface area contributed by atoms with Crippen molar-refractivity contribution in [3.63, 3.8) is 0 Å². The Labute approximate surface area is 192 Å². The number of nitrogens with one attached hydrogen (secondary N) is 3. The molecule has 0 aliphatic carbocycles. The maximum atomic E-state index is 5.75. The van der Waals surface area contributed by atoms with Crippen LogP contribution in [-0.2, 0) is 28.1 Å². The third-order valence-electron chi connectivity index (χ3n) is 6.63. The molecule has 0 saturated heterocycles. The summed E-state index contributed by atoms with van der Waals surface area (Å²) in [6.45, 7) is 25.3. The van der Waals surface area contributed by atoms with Gasteiger partial charge in [-0.2, -0.15) is 0 Å².